The van der Waals surface area contributed by atoms with Gasteiger partial charge in [-0.1, -0.05) is 29.5 Å². The average molecular weight is 339 g/mol. The van der Waals surface area contributed by atoms with Crippen molar-refractivity contribution < 1.29 is 4.79 Å². The highest BCUT2D eigenvalue weighted by Gasteiger charge is 2.20. The van der Waals surface area contributed by atoms with E-state index in [1.807, 2.05) is 58.9 Å². The molecule has 5 heteroatoms. The molecule has 124 valence electrons. The van der Waals surface area contributed by atoms with Crippen LogP contribution in [0.25, 0.3) is 0 Å². The number of amides is 1. The summed E-state index contributed by atoms with van der Waals surface area (Å²) in [6.07, 6.45) is 0. The Hall–Kier alpha value is -2.32. The van der Waals surface area contributed by atoms with Crippen molar-refractivity contribution in [2.75, 3.05) is 5.32 Å². The zero-order valence-electron chi connectivity index (χ0n) is 14.6. The second-order valence-electron chi connectivity index (χ2n) is 5.85. The van der Waals surface area contributed by atoms with Crippen LogP contribution in [0.2, 0.25) is 0 Å². The van der Waals surface area contributed by atoms with Crippen LogP contribution in [0.1, 0.15) is 34.9 Å². The van der Waals surface area contributed by atoms with Crippen molar-refractivity contribution in [2.45, 2.75) is 44.9 Å². The second kappa shape index (κ2) is 7.50. The van der Waals surface area contributed by atoms with Crippen LogP contribution in [0, 0.1) is 39.0 Å². The van der Waals surface area contributed by atoms with Crippen molar-refractivity contribution in [3.8, 4) is 6.07 Å². The number of carbonyl (C=O) groups is 1. The van der Waals surface area contributed by atoms with E-state index >= 15 is 0 Å². The summed E-state index contributed by atoms with van der Waals surface area (Å²) in [6, 6.07) is 9.88. The van der Waals surface area contributed by atoms with E-state index in [1.54, 1.807) is 0 Å². The molecule has 0 aliphatic carbocycles. The first-order chi connectivity index (χ1) is 11.3. The van der Waals surface area contributed by atoms with E-state index in [9.17, 15) is 10.1 Å². The summed E-state index contributed by atoms with van der Waals surface area (Å²) in [6.45, 7) is 9.62. The fourth-order valence-corrected chi connectivity index (χ4v) is 3.24. The Labute approximate surface area is 147 Å². The highest BCUT2D eigenvalue weighted by Crippen LogP contribution is 2.29. The van der Waals surface area contributed by atoms with Crippen molar-refractivity contribution in [3.63, 3.8) is 0 Å². The molecule has 2 aromatic rings. The molecule has 0 saturated carbocycles. The predicted molar refractivity (Wildman–Crippen MR) is 98.3 cm³/mol. The maximum atomic E-state index is 12.4. The van der Waals surface area contributed by atoms with Gasteiger partial charge in [0, 0.05) is 11.4 Å². The van der Waals surface area contributed by atoms with E-state index in [1.165, 1.54) is 11.8 Å². The summed E-state index contributed by atoms with van der Waals surface area (Å²) in [4.78, 5) is 16.9. The van der Waals surface area contributed by atoms with Gasteiger partial charge in [0.15, 0.2) is 0 Å². The molecule has 0 unspecified atom stereocenters. The minimum atomic E-state index is -0.354. The lowest BCUT2D eigenvalue weighted by atomic mass is 10.1. The van der Waals surface area contributed by atoms with Gasteiger partial charge in [-0.15, -0.1) is 0 Å². The zero-order valence-corrected chi connectivity index (χ0v) is 15.4. The number of pyridine rings is 1. The number of anilines is 1. The molecular formula is C19H21N3OS. The smallest absolute Gasteiger partial charge is 0.237 e. The molecule has 1 atom stereocenters. The first kappa shape index (κ1) is 18.0. The number of aryl methyl sites for hydroxylation is 2. The van der Waals surface area contributed by atoms with Crippen molar-refractivity contribution in [1.29, 1.82) is 5.26 Å². The third-order valence-corrected chi connectivity index (χ3v) is 5.14. The molecule has 0 aliphatic heterocycles. The molecule has 0 saturated heterocycles. The SMILES string of the molecule is Cc1ccc(NC(=O)[C@H](C)Sc2nc(C)c(C)c(C)c2C#N)cc1. The van der Waals surface area contributed by atoms with Crippen LogP contribution in [0.5, 0.6) is 0 Å². The first-order valence-electron chi connectivity index (χ1n) is 7.75. The lowest BCUT2D eigenvalue weighted by Gasteiger charge is -2.15. The fraction of sp³-hybridized carbons (Fsp3) is 0.316. The van der Waals surface area contributed by atoms with Crippen LogP contribution in [-0.2, 0) is 4.79 Å². The highest BCUT2D eigenvalue weighted by molar-refractivity contribution is 8.00. The Balaban J connectivity index is 2.17. The number of thioether (sulfide) groups is 1. The summed E-state index contributed by atoms with van der Waals surface area (Å²) >= 11 is 1.32. The Morgan fingerprint density at radius 2 is 1.79 bits per heavy atom. The van der Waals surface area contributed by atoms with E-state index in [0.29, 0.717) is 10.6 Å². The van der Waals surface area contributed by atoms with Crippen molar-refractivity contribution in [3.05, 3.63) is 52.2 Å². The highest BCUT2D eigenvalue weighted by atomic mass is 32.2. The average Bonchev–Trinajstić information content (AvgIpc) is 2.55. The minimum Gasteiger partial charge on any atom is -0.325 e. The summed E-state index contributed by atoms with van der Waals surface area (Å²) in [5.74, 6) is -0.106. The van der Waals surface area contributed by atoms with Gasteiger partial charge in [0.1, 0.15) is 11.1 Å². The van der Waals surface area contributed by atoms with Gasteiger partial charge in [-0.25, -0.2) is 4.98 Å². The monoisotopic (exact) mass is 339 g/mol. The number of hydrogen-bond donors (Lipinski definition) is 1. The Bertz CT molecular complexity index is 807. The molecule has 24 heavy (non-hydrogen) atoms. The summed E-state index contributed by atoms with van der Waals surface area (Å²) in [5, 5.41) is 12.6. The van der Waals surface area contributed by atoms with E-state index in [-0.39, 0.29) is 11.2 Å². The van der Waals surface area contributed by atoms with E-state index in [4.69, 9.17) is 0 Å². The number of aromatic nitrogens is 1. The standard InChI is InChI=1S/C19H21N3OS/c1-11-6-8-16(9-7-11)22-18(23)15(5)24-19-17(10-20)13(3)12(2)14(4)21-19/h6-9,15H,1-5H3,(H,22,23)/t15-/m0/s1. The molecule has 0 bridgehead atoms. The lowest BCUT2D eigenvalue weighted by Crippen LogP contribution is -2.22. The molecule has 0 radical (unpaired) electrons. The van der Waals surface area contributed by atoms with Crippen LogP contribution in [0.15, 0.2) is 29.3 Å². The molecule has 1 N–H and O–H groups in total. The van der Waals surface area contributed by atoms with Gasteiger partial charge in [0.25, 0.3) is 0 Å². The minimum absolute atomic E-state index is 0.106. The number of nitriles is 1. The van der Waals surface area contributed by atoms with Crippen LogP contribution < -0.4 is 5.32 Å². The topological polar surface area (TPSA) is 65.8 Å². The molecule has 1 aromatic heterocycles. The van der Waals surface area contributed by atoms with Gasteiger partial charge < -0.3 is 5.32 Å². The summed E-state index contributed by atoms with van der Waals surface area (Å²) < 4.78 is 0. The number of nitrogens with one attached hydrogen (secondary N) is 1. The normalized spacial score (nSPS) is 11.7. The molecule has 0 aliphatic rings. The van der Waals surface area contributed by atoms with Gasteiger partial charge in [-0.05, 0) is 57.9 Å². The first-order valence-corrected chi connectivity index (χ1v) is 8.63. The van der Waals surface area contributed by atoms with Crippen LogP contribution in [0.4, 0.5) is 5.69 Å². The van der Waals surface area contributed by atoms with Gasteiger partial charge in [-0.2, -0.15) is 5.26 Å². The van der Waals surface area contributed by atoms with Crippen molar-refractivity contribution >= 4 is 23.4 Å². The number of carbonyl (C=O) groups excluding carboxylic acids is 1. The Morgan fingerprint density at radius 3 is 2.38 bits per heavy atom. The molecule has 2 rings (SSSR count). The molecule has 1 amide bonds. The number of hydrogen-bond acceptors (Lipinski definition) is 4. The molecule has 0 spiro atoms. The summed E-state index contributed by atoms with van der Waals surface area (Å²) in [7, 11) is 0. The third kappa shape index (κ3) is 3.95. The van der Waals surface area contributed by atoms with Crippen LogP contribution in [-0.4, -0.2) is 16.1 Å². The van der Waals surface area contributed by atoms with Crippen molar-refractivity contribution in [2.24, 2.45) is 0 Å². The van der Waals surface area contributed by atoms with Gasteiger partial charge in [-0.3, -0.25) is 4.79 Å². The maximum absolute atomic E-state index is 12.4. The van der Waals surface area contributed by atoms with Gasteiger partial charge in [0.2, 0.25) is 5.91 Å². The Morgan fingerprint density at radius 1 is 1.17 bits per heavy atom. The quantitative estimate of drug-likeness (QED) is 0.843. The zero-order chi connectivity index (χ0) is 17.9. The van der Waals surface area contributed by atoms with Gasteiger partial charge >= 0.3 is 0 Å². The number of nitrogens with zero attached hydrogens (tertiary/aromatic N) is 2. The number of benzene rings is 1. The van der Waals surface area contributed by atoms with Crippen LogP contribution in [0.3, 0.4) is 0 Å². The second-order valence-corrected chi connectivity index (χ2v) is 7.18. The molecule has 0 fully saturated rings. The largest absolute Gasteiger partial charge is 0.325 e. The van der Waals surface area contributed by atoms with E-state index < -0.39 is 0 Å². The Kier molecular flexibility index (Phi) is 5.63. The van der Waals surface area contributed by atoms with Crippen LogP contribution >= 0.6 is 11.8 Å². The van der Waals surface area contributed by atoms with E-state index in [0.717, 1.165) is 28.1 Å². The predicted octanol–water partition coefficient (Wildman–Crippen LogP) is 4.31. The van der Waals surface area contributed by atoms with E-state index in [2.05, 4.69) is 16.4 Å². The molecule has 1 heterocycles. The lowest BCUT2D eigenvalue weighted by molar-refractivity contribution is -0.115. The summed E-state index contributed by atoms with van der Waals surface area (Å²) in [5.41, 5.74) is 5.30. The third-order valence-electron chi connectivity index (χ3n) is 4.05. The maximum Gasteiger partial charge on any atom is 0.237 e. The molecular weight excluding hydrogens is 318 g/mol. The molecule has 1 aromatic carbocycles. The van der Waals surface area contributed by atoms with Crippen molar-refractivity contribution in [1.82, 2.24) is 4.98 Å². The molecule has 4 nitrogen and oxygen atoms in total. The van der Waals surface area contributed by atoms with Gasteiger partial charge in [0.05, 0.1) is 10.8 Å². The fourth-order valence-electron chi connectivity index (χ4n) is 2.23. The number of rotatable bonds is 4.